The summed E-state index contributed by atoms with van der Waals surface area (Å²) in [5.74, 6) is -0.322. The highest BCUT2D eigenvalue weighted by atomic mass is 16.1. The fraction of sp³-hybridized carbons (Fsp3) is 0.364. The summed E-state index contributed by atoms with van der Waals surface area (Å²) in [6.07, 6.45) is 2.77. The lowest BCUT2D eigenvalue weighted by Gasteiger charge is -2.25. The number of carbonyl (C=O) groups is 1. The van der Waals surface area contributed by atoms with E-state index in [1.54, 1.807) is 0 Å². The number of pyridine rings is 1. The lowest BCUT2D eigenvalue weighted by molar-refractivity contribution is -0.118. The van der Waals surface area contributed by atoms with E-state index in [1.165, 1.54) is 16.5 Å². The molecule has 5 heteroatoms. The van der Waals surface area contributed by atoms with E-state index in [4.69, 9.17) is 5.73 Å². The molecule has 0 bridgehead atoms. The summed E-state index contributed by atoms with van der Waals surface area (Å²) in [5.41, 5.74) is 11.2. The SMILES string of the molecule is Cc1ccnc(C[C@@H](C)N(C)Cc2c(C)n(CC(N)=O)c3ccccc23)c1. The Morgan fingerprint density at radius 2 is 2.00 bits per heavy atom. The van der Waals surface area contributed by atoms with Gasteiger partial charge >= 0.3 is 0 Å². The highest BCUT2D eigenvalue weighted by Crippen LogP contribution is 2.27. The van der Waals surface area contributed by atoms with E-state index in [2.05, 4.69) is 55.9 Å². The molecule has 1 atom stereocenters. The number of rotatable bonds is 7. The van der Waals surface area contributed by atoms with Crippen LogP contribution in [-0.2, 0) is 24.3 Å². The normalized spacial score (nSPS) is 12.6. The number of amides is 1. The summed E-state index contributed by atoms with van der Waals surface area (Å²) in [6.45, 7) is 7.40. The van der Waals surface area contributed by atoms with Crippen LogP contribution in [0.15, 0.2) is 42.6 Å². The molecule has 0 aliphatic carbocycles. The first-order valence-electron chi connectivity index (χ1n) is 9.33. The van der Waals surface area contributed by atoms with Gasteiger partial charge < -0.3 is 10.3 Å². The topological polar surface area (TPSA) is 64.2 Å². The van der Waals surface area contributed by atoms with Crippen LogP contribution in [0.1, 0.15) is 29.4 Å². The smallest absolute Gasteiger partial charge is 0.237 e. The first kappa shape index (κ1) is 19.1. The largest absolute Gasteiger partial charge is 0.368 e. The number of aromatic nitrogens is 2. The van der Waals surface area contributed by atoms with Gasteiger partial charge in [0.2, 0.25) is 5.91 Å². The zero-order valence-electron chi connectivity index (χ0n) is 16.6. The lowest BCUT2D eigenvalue weighted by atomic mass is 10.1. The molecule has 0 saturated carbocycles. The van der Waals surface area contributed by atoms with Crippen LogP contribution in [0.4, 0.5) is 0 Å². The number of nitrogens with two attached hydrogens (primary N) is 1. The number of nitrogens with zero attached hydrogens (tertiary/aromatic N) is 3. The van der Waals surface area contributed by atoms with Crippen LogP contribution >= 0.6 is 0 Å². The summed E-state index contributed by atoms with van der Waals surface area (Å²) in [5, 5.41) is 1.18. The van der Waals surface area contributed by atoms with Crippen molar-refractivity contribution in [3.63, 3.8) is 0 Å². The van der Waals surface area contributed by atoms with Crippen molar-refractivity contribution < 1.29 is 4.79 Å². The zero-order chi connectivity index (χ0) is 19.6. The van der Waals surface area contributed by atoms with Crippen molar-refractivity contribution in [1.82, 2.24) is 14.5 Å². The molecule has 2 aromatic heterocycles. The molecule has 0 saturated heterocycles. The van der Waals surface area contributed by atoms with Gasteiger partial charge in [0, 0.05) is 47.5 Å². The van der Waals surface area contributed by atoms with Gasteiger partial charge in [0.25, 0.3) is 0 Å². The minimum absolute atomic E-state index is 0.207. The first-order chi connectivity index (χ1) is 12.9. The van der Waals surface area contributed by atoms with Crippen LogP contribution < -0.4 is 5.73 Å². The maximum absolute atomic E-state index is 11.5. The molecule has 2 N–H and O–H groups in total. The Bertz CT molecular complexity index is 960. The molecule has 27 heavy (non-hydrogen) atoms. The number of hydrogen-bond donors (Lipinski definition) is 1. The monoisotopic (exact) mass is 364 g/mol. The van der Waals surface area contributed by atoms with Gasteiger partial charge in [0.05, 0.1) is 0 Å². The van der Waals surface area contributed by atoms with Gasteiger partial charge in [-0.2, -0.15) is 0 Å². The van der Waals surface area contributed by atoms with E-state index in [-0.39, 0.29) is 12.5 Å². The third kappa shape index (κ3) is 4.19. The summed E-state index contributed by atoms with van der Waals surface area (Å²) in [6, 6.07) is 12.7. The van der Waals surface area contributed by atoms with Gasteiger partial charge in [-0.25, -0.2) is 0 Å². The third-order valence-corrected chi connectivity index (χ3v) is 5.31. The Labute approximate surface area is 160 Å². The highest BCUT2D eigenvalue weighted by molar-refractivity contribution is 5.87. The van der Waals surface area contributed by atoms with Crippen LogP contribution in [-0.4, -0.2) is 33.4 Å². The van der Waals surface area contributed by atoms with Gasteiger partial charge in [-0.3, -0.25) is 14.7 Å². The van der Waals surface area contributed by atoms with E-state index in [1.807, 2.05) is 29.0 Å². The first-order valence-corrected chi connectivity index (χ1v) is 9.33. The Morgan fingerprint density at radius 1 is 1.26 bits per heavy atom. The van der Waals surface area contributed by atoms with E-state index >= 15 is 0 Å². The maximum atomic E-state index is 11.5. The van der Waals surface area contributed by atoms with Crippen LogP contribution in [0.25, 0.3) is 10.9 Å². The lowest BCUT2D eigenvalue weighted by Crippen LogP contribution is -2.31. The second-order valence-electron chi connectivity index (χ2n) is 7.43. The summed E-state index contributed by atoms with van der Waals surface area (Å²) < 4.78 is 2.02. The second kappa shape index (κ2) is 7.92. The summed E-state index contributed by atoms with van der Waals surface area (Å²) >= 11 is 0. The number of likely N-dealkylation sites (N-methyl/N-ethyl adjacent to an activating group) is 1. The average molecular weight is 364 g/mol. The Kier molecular flexibility index (Phi) is 5.61. The number of benzene rings is 1. The number of carbonyl (C=O) groups excluding carboxylic acids is 1. The molecule has 0 unspecified atom stereocenters. The van der Waals surface area contributed by atoms with Crippen molar-refractivity contribution in [2.45, 2.75) is 46.3 Å². The van der Waals surface area contributed by atoms with Crippen molar-refractivity contribution in [2.75, 3.05) is 7.05 Å². The average Bonchev–Trinajstić information content (AvgIpc) is 2.87. The molecule has 3 aromatic rings. The molecule has 142 valence electrons. The molecule has 2 heterocycles. The van der Waals surface area contributed by atoms with Crippen molar-refractivity contribution in [3.8, 4) is 0 Å². The van der Waals surface area contributed by atoms with Crippen molar-refractivity contribution in [3.05, 3.63) is 65.1 Å². The minimum atomic E-state index is -0.322. The fourth-order valence-corrected chi connectivity index (χ4v) is 3.64. The van der Waals surface area contributed by atoms with E-state index in [9.17, 15) is 4.79 Å². The minimum Gasteiger partial charge on any atom is -0.368 e. The van der Waals surface area contributed by atoms with E-state index in [0.29, 0.717) is 6.04 Å². The molecule has 1 aromatic carbocycles. The molecular weight excluding hydrogens is 336 g/mol. The van der Waals surface area contributed by atoms with Crippen molar-refractivity contribution in [2.24, 2.45) is 5.73 Å². The zero-order valence-corrected chi connectivity index (χ0v) is 16.6. The van der Waals surface area contributed by atoms with Crippen LogP contribution in [0.3, 0.4) is 0 Å². The Morgan fingerprint density at radius 3 is 2.70 bits per heavy atom. The molecule has 5 nitrogen and oxygen atoms in total. The quantitative estimate of drug-likeness (QED) is 0.700. The van der Waals surface area contributed by atoms with Gasteiger partial charge in [-0.05, 0) is 57.1 Å². The molecule has 0 spiro atoms. The van der Waals surface area contributed by atoms with Gasteiger partial charge in [0.15, 0.2) is 0 Å². The Balaban J connectivity index is 1.85. The highest BCUT2D eigenvalue weighted by Gasteiger charge is 2.18. The number of hydrogen-bond acceptors (Lipinski definition) is 3. The predicted octanol–water partition coefficient (Wildman–Crippen LogP) is 3.20. The molecular formula is C22H28N4O. The number of primary amides is 1. The second-order valence-corrected chi connectivity index (χ2v) is 7.43. The molecule has 0 fully saturated rings. The van der Waals surface area contributed by atoms with Gasteiger partial charge in [-0.15, -0.1) is 0 Å². The van der Waals surface area contributed by atoms with Gasteiger partial charge in [0.1, 0.15) is 6.54 Å². The summed E-state index contributed by atoms with van der Waals surface area (Å²) in [7, 11) is 2.14. The fourth-order valence-electron chi connectivity index (χ4n) is 3.64. The van der Waals surface area contributed by atoms with Crippen LogP contribution in [0.5, 0.6) is 0 Å². The van der Waals surface area contributed by atoms with Gasteiger partial charge in [-0.1, -0.05) is 18.2 Å². The Hall–Kier alpha value is -2.66. The molecule has 0 aliphatic rings. The standard InChI is InChI=1S/C22H28N4O/c1-15-9-10-24-18(11-15)12-16(2)25(4)13-20-17(3)26(14-22(23)27)21-8-6-5-7-19(20)21/h5-11,16H,12-14H2,1-4H3,(H2,23,27)/t16-/m1/s1. The molecule has 0 radical (unpaired) electrons. The number of fused-ring (bicyclic) bond motifs is 1. The third-order valence-electron chi connectivity index (χ3n) is 5.31. The molecule has 3 rings (SSSR count). The molecule has 0 aliphatic heterocycles. The number of para-hydroxylation sites is 1. The number of aryl methyl sites for hydroxylation is 1. The van der Waals surface area contributed by atoms with Crippen LogP contribution in [0, 0.1) is 13.8 Å². The summed E-state index contributed by atoms with van der Waals surface area (Å²) in [4.78, 5) is 18.4. The van der Waals surface area contributed by atoms with Crippen molar-refractivity contribution in [1.29, 1.82) is 0 Å². The van der Waals surface area contributed by atoms with E-state index in [0.717, 1.165) is 29.9 Å². The predicted molar refractivity (Wildman–Crippen MR) is 109 cm³/mol. The van der Waals surface area contributed by atoms with Crippen molar-refractivity contribution >= 4 is 16.8 Å². The molecule has 1 amide bonds. The van der Waals surface area contributed by atoms with E-state index < -0.39 is 0 Å². The maximum Gasteiger partial charge on any atom is 0.237 e. The van der Waals surface area contributed by atoms with Crippen LogP contribution in [0.2, 0.25) is 0 Å².